The number of benzene rings is 1. The molecule has 1 rings (SSSR count). The van der Waals surface area contributed by atoms with Crippen molar-refractivity contribution in [2.75, 3.05) is 6.54 Å². The Balaban J connectivity index is 2.56. The van der Waals surface area contributed by atoms with Gasteiger partial charge in [0.1, 0.15) is 0 Å². The predicted octanol–water partition coefficient (Wildman–Crippen LogP) is 15.1. The third-order valence-electron chi connectivity index (χ3n) is 10.7. The Labute approximate surface area is 316 Å². The maximum atomic E-state index is 13.3. The Morgan fingerprint density at radius 1 is 0.353 bits per heavy atom. The molecule has 0 aliphatic rings. The van der Waals surface area contributed by atoms with Crippen molar-refractivity contribution in [2.45, 2.75) is 239 Å². The minimum absolute atomic E-state index is 0.0546. The number of unbranched alkanes of at least 4 members (excludes halogenated alkanes) is 29. The maximum Gasteiger partial charge on any atom is 0.251 e. The number of carbonyl (C=O) groups excluding carboxylic acids is 3. The summed E-state index contributed by atoms with van der Waals surface area (Å²) in [4.78, 5) is 39.9. The molecule has 0 aromatic heterocycles. The third kappa shape index (κ3) is 27.3. The van der Waals surface area contributed by atoms with Crippen LogP contribution in [0.4, 0.5) is 0 Å². The predicted molar refractivity (Wildman–Crippen MR) is 221 cm³/mol. The second-order valence-electron chi connectivity index (χ2n) is 15.7. The van der Waals surface area contributed by atoms with E-state index in [1.807, 2.05) is 0 Å². The molecule has 1 amide bonds. The van der Waals surface area contributed by atoms with Gasteiger partial charge < -0.3 is 5.32 Å². The third-order valence-corrected chi connectivity index (χ3v) is 10.7. The van der Waals surface area contributed by atoms with Crippen LogP contribution in [0.2, 0.25) is 0 Å². The Kier molecular flexibility index (Phi) is 32.4. The van der Waals surface area contributed by atoms with E-state index in [0.717, 1.165) is 38.5 Å². The van der Waals surface area contributed by atoms with E-state index >= 15 is 0 Å². The number of Topliss-reactive ketones (excluding diaryl/α,β-unsaturated/α-hetero) is 2. The van der Waals surface area contributed by atoms with E-state index in [2.05, 4.69) is 26.1 Å². The lowest BCUT2D eigenvalue weighted by Gasteiger charge is -2.11. The largest absolute Gasteiger partial charge is 0.352 e. The van der Waals surface area contributed by atoms with E-state index in [1.54, 1.807) is 18.2 Å². The first-order valence-corrected chi connectivity index (χ1v) is 22.5. The van der Waals surface area contributed by atoms with Gasteiger partial charge in [-0.3, -0.25) is 14.4 Å². The summed E-state index contributed by atoms with van der Waals surface area (Å²) in [5, 5.41) is 3.08. The molecule has 0 radical (unpaired) electrons. The summed E-state index contributed by atoms with van der Waals surface area (Å²) in [6, 6.07) is 5.22. The molecule has 0 bridgehead atoms. The molecule has 0 atom stereocenters. The molecule has 0 spiro atoms. The molecule has 1 aromatic carbocycles. The number of ketones is 2. The molecule has 1 N–H and O–H groups in total. The monoisotopic (exact) mass is 710 g/mol. The molecule has 0 saturated carbocycles. The number of hydrogen-bond donors (Lipinski definition) is 1. The minimum atomic E-state index is -0.168. The first kappa shape index (κ1) is 47.1. The van der Waals surface area contributed by atoms with Crippen molar-refractivity contribution in [3.63, 3.8) is 0 Å². The number of amides is 1. The van der Waals surface area contributed by atoms with Crippen molar-refractivity contribution in [2.24, 2.45) is 0 Å². The van der Waals surface area contributed by atoms with Gasteiger partial charge in [0, 0.05) is 36.1 Å². The Morgan fingerprint density at radius 3 is 0.922 bits per heavy atom. The highest BCUT2D eigenvalue weighted by atomic mass is 16.2. The summed E-state index contributed by atoms with van der Waals surface area (Å²) in [7, 11) is 0. The summed E-state index contributed by atoms with van der Waals surface area (Å²) < 4.78 is 0. The van der Waals surface area contributed by atoms with Gasteiger partial charge in [0.05, 0.1) is 0 Å². The van der Waals surface area contributed by atoms with Crippen molar-refractivity contribution in [1.29, 1.82) is 0 Å². The van der Waals surface area contributed by atoms with Crippen molar-refractivity contribution >= 4 is 17.5 Å². The zero-order valence-electron chi connectivity index (χ0n) is 34.2. The van der Waals surface area contributed by atoms with Gasteiger partial charge in [0.2, 0.25) is 0 Å². The van der Waals surface area contributed by atoms with Crippen molar-refractivity contribution in [1.82, 2.24) is 5.32 Å². The smallest absolute Gasteiger partial charge is 0.251 e. The van der Waals surface area contributed by atoms with Gasteiger partial charge in [0.25, 0.3) is 5.91 Å². The van der Waals surface area contributed by atoms with Gasteiger partial charge in [-0.05, 0) is 37.5 Å². The standard InChI is InChI=1S/C47H83NO3/c1-4-7-10-13-16-19-22-24-27-30-33-36-45(49)42-39-43(46(50)37-34-31-28-25-23-20-17-14-11-8-5-2)41-44(40-42)47(51)48-38-35-32-29-26-21-18-15-12-9-6-3/h39-41H,4-38H2,1-3H3,(H,48,51). The van der Waals surface area contributed by atoms with Gasteiger partial charge in [-0.25, -0.2) is 0 Å². The Hall–Kier alpha value is -1.97. The molecule has 4 heteroatoms. The van der Waals surface area contributed by atoms with E-state index < -0.39 is 0 Å². The van der Waals surface area contributed by atoms with Crippen LogP contribution in [-0.4, -0.2) is 24.0 Å². The fraction of sp³-hybridized carbons (Fsp3) is 0.809. The lowest BCUT2D eigenvalue weighted by atomic mass is 9.95. The summed E-state index contributed by atoms with van der Waals surface area (Å²) in [5.41, 5.74) is 1.50. The van der Waals surface area contributed by atoms with Crippen LogP contribution >= 0.6 is 0 Å². The molecule has 0 heterocycles. The molecule has 0 unspecified atom stereocenters. The molecular formula is C47H83NO3. The first-order valence-electron chi connectivity index (χ1n) is 22.5. The van der Waals surface area contributed by atoms with Crippen LogP contribution in [0.25, 0.3) is 0 Å². The Morgan fingerprint density at radius 2 is 0.608 bits per heavy atom. The molecule has 0 aliphatic heterocycles. The quantitative estimate of drug-likeness (QED) is 0.0549. The number of hydrogen-bond acceptors (Lipinski definition) is 3. The highest BCUT2D eigenvalue weighted by Crippen LogP contribution is 2.19. The maximum absolute atomic E-state index is 13.3. The van der Waals surface area contributed by atoms with Gasteiger partial charge in [-0.1, -0.05) is 207 Å². The normalized spacial score (nSPS) is 11.3. The summed E-state index contributed by atoms with van der Waals surface area (Å²) in [6.45, 7) is 7.41. The van der Waals surface area contributed by atoms with E-state index in [9.17, 15) is 14.4 Å². The number of rotatable bonds is 38. The van der Waals surface area contributed by atoms with Gasteiger partial charge in [-0.2, -0.15) is 0 Å². The fourth-order valence-electron chi connectivity index (χ4n) is 7.19. The van der Waals surface area contributed by atoms with Gasteiger partial charge >= 0.3 is 0 Å². The van der Waals surface area contributed by atoms with Crippen LogP contribution in [0.15, 0.2) is 18.2 Å². The summed E-state index contributed by atoms with van der Waals surface area (Å²) in [6.07, 6.45) is 40.9. The zero-order chi connectivity index (χ0) is 37.0. The molecule has 0 fully saturated rings. The second kappa shape index (κ2) is 35.1. The van der Waals surface area contributed by atoms with E-state index in [1.165, 1.54) is 167 Å². The van der Waals surface area contributed by atoms with Crippen molar-refractivity contribution < 1.29 is 14.4 Å². The highest BCUT2D eigenvalue weighted by molar-refractivity contribution is 6.05. The van der Waals surface area contributed by atoms with Crippen LogP contribution in [0.3, 0.4) is 0 Å². The molecule has 294 valence electrons. The van der Waals surface area contributed by atoms with Crippen LogP contribution < -0.4 is 5.32 Å². The number of nitrogens with one attached hydrogen (secondary N) is 1. The van der Waals surface area contributed by atoms with Gasteiger partial charge in [0.15, 0.2) is 11.6 Å². The van der Waals surface area contributed by atoms with Crippen molar-refractivity contribution in [3.05, 3.63) is 34.9 Å². The SMILES string of the molecule is CCCCCCCCCCCCCC(=O)c1cc(C(=O)CCCCCCCCCCCCC)cc(C(=O)NCCCCCCCCCCCC)c1. The summed E-state index contributed by atoms with van der Waals surface area (Å²) >= 11 is 0. The van der Waals surface area contributed by atoms with E-state index in [0.29, 0.717) is 36.1 Å². The molecule has 0 aliphatic carbocycles. The van der Waals surface area contributed by atoms with Crippen LogP contribution in [0.1, 0.15) is 270 Å². The average molecular weight is 710 g/mol. The molecule has 0 saturated heterocycles. The topological polar surface area (TPSA) is 63.2 Å². The van der Waals surface area contributed by atoms with Crippen LogP contribution in [0.5, 0.6) is 0 Å². The van der Waals surface area contributed by atoms with Gasteiger partial charge in [-0.15, -0.1) is 0 Å². The molecule has 4 nitrogen and oxygen atoms in total. The molecular weight excluding hydrogens is 627 g/mol. The number of carbonyl (C=O) groups is 3. The minimum Gasteiger partial charge on any atom is -0.352 e. The van der Waals surface area contributed by atoms with Crippen LogP contribution in [0, 0.1) is 0 Å². The fourth-order valence-corrected chi connectivity index (χ4v) is 7.19. The molecule has 51 heavy (non-hydrogen) atoms. The molecule has 1 aromatic rings. The van der Waals surface area contributed by atoms with Crippen LogP contribution in [-0.2, 0) is 0 Å². The first-order chi connectivity index (χ1) is 25.0. The Bertz CT molecular complexity index is 850. The zero-order valence-corrected chi connectivity index (χ0v) is 34.2. The lowest BCUT2D eigenvalue weighted by Crippen LogP contribution is -2.25. The van der Waals surface area contributed by atoms with E-state index in [4.69, 9.17) is 0 Å². The highest BCUT2D eigenvalue weighted by Gasteiger charge is 2.16. The second-order valence-corrected chi connectivity index (χ2v) is 15.7. The van der Waals surface area contributed by atoms with Crippen molar-refractivity contribution in [3.8, 4) is 0 Å². The lowest BCUT2D eigenvalue weighted by molar-refractivity contribution is 0.0953. The average Bonchev–Trinajstić information content (AvgIpc) is 3.14. The summed E-state index contributed by atoms with van der Waals surface area (Å²) in [5.74, 6) is -0.0583. The van der Waals surface area contributed by atoms with E-state index in [-0.39, 0.29) is 17.5 Å².